The Morgan fingerprint density at radius 2 is 1.96 bits per heavy atom. The summed E-state index contributed by atoms with van der Waals surface area (Å²) in [4.78, 5) is 30.8. The molecule has 0 aliphatic carbocycles. The number of alkyl halides is 3. The Bertz CT molecular complexity index is 856. The van der Waals surface area contributed by atoms with Crippen molar-refractivity contribution in [3.63, 3.8) is 0 Å². The van der Waals surface area contributed by atoms with Crippen LogP contribution in [0.2, 0.25) is 0 Å². The van der Waals surface area contributed by atoms with Crippen LogP contribution in [0.3, 0.4) is 0 Å². The number of halogens is 3. The Morgan fingerprint density at radius 1 is 1.27 bits per heavy atom. The molecule has 2 heterocycles. The van der Waals surface area contributed by atoms with Crippen LogP contribution >= 0.6 is 11.8 Å². The maximum Gasteiger partial charge on any atom is 0.418 e. The average molecular weight is 385 g/mol. The van der Waals surface area contributed by atoms with Crippen LogP contribution < -0.4 is 0 Å². The highest BCUT2D eigenvalue weighted by atomic mass is 32.2. The van der Waals surface area contributed by atoms with Gasteiger partial charge in [0.05, 0.1) is 16.9 Å². The third-order valence-electron chi connectivity index (χ3n) is 3.35. The van der Waals surface area contributed by atoms with Gasteiger partial charge in [-0.25, -0.2) is 0 Å². The topological polar surface area (TPSA) is 86.0 Å². The second-order valence-corrected chi connectivity index (χ2v) is 6.64. The van der Waals surface area contributed by atoms with Gasteiger partial charge in [0, 0.05) is 23.4 Å². The van der Waals surface area contributed by atoms with Crippen LogP contribution in [0.1, 0.15) is 34.2 Å². The van der Waals surface area contributed by atoms with Gasteiger partial charge in [0.2, 0.25) is 0 Å². The second-order valence-electron chi connectivity index (χ2n) is 5.34. The van der Waals surface area contributed by atoms with Crippen molar-refractivity contribution in [2.75, 3.05) is 5.75 Å². The third kappa shape index (κ3) is 4.57. The largest absolute Gasteiger partial charge is 0.418 e. The molecular formula is C16H14F3N3O3S. The van der Waals surface area contributed by atoms with Crippen LogP contribution in [-0.4, -0.2) is 26.4 Å². The molecule has 0 spiro atoms. The van der Waals surface area contributed by atoms with Crippen LogP contribution in [0.15, 0.2) is 29.4 Å². The molecule has 2 aromatic heterocycles. The maximum atomic E-state index is 12.7. The monoisotopic (exact) mass is 385 g/mol. The van der Waals surface area contributed by atoms with Gasteiger partial charge in [-0.2, -0.15) is 13.2 Å². The number of nitrogens with zero attached hydrogens (tertiary/aromatic N) is 3. The molecule has 0 amide bonds. The lowest BCUT2D eigenvalue weighted by Gasteiger charge is -2.09. The van der Waals surface area contributed by atoms with Gasteiger partial charge in [-0.1, -0.05) is 6.92 Å². The predicted octanol–water partition coefficient (Wildman–Crippen LogP) is 4.25. The summed E-state index contributed by atoms with van der Waals surface area (Å²) in [5.74, 6) is 0.140. The zero-order chi connectivity index (χ0) is 19.5. The molecule has 2 aromatic rings. The number of hydrogen-bond acceptors (Lipinski definition) is 6. The fraction of sp³-hybridized carbons (Fsp3) is 0.312. The van der Waals surface area contributed by atoms with Gasteiger partial charge in [0.25, 0.3) is 5.69 Å². The fourth-order valence-corrected chi connectivity index (χ4v) is 3.07. The summed E-state index contributed by atoms with van der Waals surface area (Å²) in [6.45, 7) is 3.70. The Kier molecular flexibility index (Phi) is 5.96. The van der Waals surface area contributed by atoms with E-state index in [2.05, 4.69) is 9.97 Å². The second kappa shape index (κ2) is 7.81. The van der Waals surface area contributed by atoms with E-state index in [0.717, 1.165) is 5.56 Å². The lowest BCUT2D eigenvalue weighted by Crippen LogP contribution is -2.13. The third-order valence-corrected chi connectivity index (χ3v) is 4.26. The normalized spacial score (nSPS) is 11.4. The number of aryl methyl sites for hydroxylation is 1. The molecule has 0 saturated heterocycles. The van der Waals surface area contributed by atoms with E-state index in [0.29, 0.717) is 22.9 Å². The number of carbonyl (C=O) groups excluding carboxylic acids is 1. The number of thioether (sulfide) groups is 1. The zero-order valence-corrected chi connectivity index (χ0v) is 14.6. The summed E-state index contributed by atoms with van der Waals surface area (Å²) in [7, 11) is 0. The van der Waals surface area contributed by atoms with Crippen molar-refractivity contribution in [1.29, 1.82) is 0 Å². The molecule has 26 heavy (non-hydrogen) atoms. The van der Waals surface area contributed by atoms with Gasteiger partial charge in [-0.15, -0.1) is 11.8 Å². The number of carbonyl (C=O) groups is 1. The SMILES string of the molecule is CCSc1cc(C)cnc1C(=O)Cc1ncc(C(F)(F)F)cc1[N+](=O)[O-]. The average Bonchev–Trinajstić information content (AvgIpc) is 2.54. The van der Waals surface area contributed by atoms with Gasteiger partial charge < -0.3 is 0 Å². The highest BCUT2D eigenvalue weighted by molar-refractivity contribution is 7.99. The molecule has 0 bridgehead atoms. The van der Waals surface area contributed by atoms with Crippen molar-refractivity contribution in [3.8, 4) is 0 Å². The summed E-state index contributed by atoms with van der Waals surface area (Å²) in [6.07, 6.45) is -3.30. The van der Waals surface area contributed by atoms with E-state index in [1.807, 2.05) is 13.8 Å². The Hall–Kier alpha value is -2.49. The van der Waals surface area contributed by atoms with Crippen molar-refractivity contribution in [2.45, 2.75) is 31.3 Å². The molecule has 0 aromatic carbocycles. The van der Waals surface area contributed by atoms with E-state index in [4.69, 9.17) is 0 Å². The molecule has 0 atom stereocenters. The number of hydrogen-bond donors (Lipinski definition) is 0. The molecule has 0 saturated carbocycles. The molecular weight excluding hydrogens is 371 g/mol. The van der Waals surface area contributed by atoms with E-state index in [1.54, 1.807) is 6.07 Å². The Balaban J connectivity index is 2.39. The van der Waals surface area contributed by atoms with Crippen molar-refractivity contribution in [3.05, 3.63) is 57.2 Å². The van der Waals surface area contributed by atoms with Crippen LogP contribution in [0.5, 0.6) is 0 Å². The molecule has 0 aliphatic heterocycles. The molecule has 0 radical (unpaired) electrons. The molecule has 2 rings (SSSR count). The minimum atomic E-state index is -4.76. The maximum absolute atomic E-state index is 12.7. The molecule has 0 aliphatic rings. The van der Waals surface area contributed by atoms with Gasteiger partial charge in [0.1, 0.15) is 11.4 Å². The molecule has 0 fully saturated rings. The van der Waals surface area contributed by atoms with Gasteiger partial charge in [-0.05, 0) is 24.3 Å². The first-order chi connectivity index (χ1) is 12.1. The minimum absolute atomic E-state index is 0.124. The van der Waals surface area contributed by atoms with Crippen LogP contribution in [0.25, 0.3) is 0 Å². The highest BCUT2D eigenvalue weighted by Gasteiger charge is 2.34. The Labute approximate surface area is 151 Å². The van der Waals surface area contributed by atoms with Crippen LogP contribution in [-0.2, 0) is 12.6 Å². The van der Waals surface area contributed by atoms with Crippen LogP contribution in [0.4, 0.5) is 18.9 Å². The van der Waals surface area contributed by atoms with E-state index in [-0.39, 0.29) is 11.4 Å². The highest BCUT2D eigenvalue weighted by Crippen LogP contribution is 2.32. The number of rotatable bonds is 6. The first-order valence-corrected chi connectivity index (χ1v) is 8.45. The first kappa shape index (κ1) is 19.8. The molecule has 6 nitrogen and oxygen atoms in total. The van der Waals surface area contributed by atoms with E-state index >= 15 is 0 Å². The van der Waals surface area contributed by atoms with Crippen molar-refractivity contribution in [1.82, 2.24) is 9.97 Å². The minimum Gasteiger partial charge on any atom is -0.292 e. The predicted molar refractivity (Wildman–Crippen MR) is 89.3 cm³/mol. The lowest BCUT2D eigenvalue weighted by atomic mass is 10.1. The Morgan fingerprint density at radius 3 is 2.54 bits per heavy atom. The standard InChI is InChI=1S/C16H14F3N3O3S/c1-3-26-14-4-9(2)7-21-15(14)13(23)6-11-12(22(24)25)5-10(8-20-11)16(17,18)19/h4-5,7-8H,3,6H2,1-2H3. The van der Waals surface area contributed by atoms with Crippen molar-refractivity contribution in [2.24, 2.45) is 0 Å². The van der Waals surface area contributed by atoms with Crippen LogP contribution in [0, 0.1) is 17.0 Å². The van der Waals surface area contributed by atoms with Gasteiger partial charge >= 0.3 is 6.18 Å². The first-order valence-electron chi connectivity index (χ1n) is 7.46. The van der Waals surface area contributed by atoms with Crippen molar-refractivity contribution < 1.29 is 22.9 Å². The quantitative estimate of drug-likeness (QED) is 0.320. The molecule has 10 heteroatoms. The van der Waals surface area contributed by atoms with E-state index in [1.165, 1.54) is 18.0 Å². The van der Waals surface area contributed by atoms with Gasteiger partial charge in [0.15, 0.2) is 5.78 Å². The lowest BCUT2D eigenvalue weighted by molar-refractivity contribution is -0.386. The number of nitro groups is 1. The summed E-state index contributed by atoms with van der Waals surface area (Å²) in [5.41, 5.74) is -1.45. The summed E-state index contributed by atoms with van der Waals surface area (Å²) in [6, 6.07) is 2.16. The van der Waals surface area contributed by atoms with Gasteiger partial charge in [-0.3, -0.25) is 24.9 Å². The molecule has 138 valence electrons. The number of Topliss-reactive ketones (excluding diaryl/α,β-unsaturated/α-hetero) is 1. The summed E-state index contributed by atoms with van der Waals surface area (Å²) < 4.78 is 38.2. The summed E-state index contributed by atoms with van der Waals surface area (Å²) in [5, 5.41) is 11.1. The number of ketones is 1. The van der Waals surface area contributed by atoms with E-state index in [9.17, 15) is 28.1 Å². The molecule has 0 N–H and O–H groups in total. The number of aromatic nitrogens is 2. The molecule has 0 unspecified atom stereocenters. The summed E-state index contributed by atoms with van der Waals surface area (Å²) >= 11 is 1.38. The van der Waals surface area contributed by atoms with E-state index < -0.39 is 34.6 Å². The smallest absolute Gasteiger partial charge is 0.292 e. The number of pyridine rings is 2. The fourth-order valence-electron chi connectivity index (χ4n) is 2.18. The zero-order valence-electron chi connectivity index (χ0n) is 13.8. The van der Waals surface area contributed by atoms with Crippen molar-refractivity contribution >= 4 is 23.2 Å².